The SMILES string of the molecule is CC1(C(N)Cc2ccco2)CCCO1. The predicted octanol–water partition coefficient (Wildman–Crippen LogP) is 1.72. The Morgan fingerprint density at radius 1 is 1.64 bits per heavy atom. The molecule has 1 aromatic heterocycles. The van der Waals surface area contributed by atoms with Crippen LogP contribution in [0.4, 0.5) is 0 Å². The molecule has 0 spiro atoms. The molecule has 78 valence electrons. The van der Waals surface area contributed by atoms with E-state index in [4.69, 9.17) is 14.9 Å². The predicted molar refractivity (Wildman–Crippen MR) is 54.0 cm³/mol. The van der Waals surface area contributed by atoms with Gasteiger partial charge in [0, 0.05) is 19.1 Å². The third kappa shape index (κ3) is 1.83. The number of hydrogen-bond acceptors (Lipinski definition) is 3. The smallest absolute Gasteiger partial charge is 0.105 e. The van der Waals surface area contributed by atoms with E-state index in [2.05, 4.69) is 6.92 Å². The largest absolute Gasteiger partial charge is 0.469 e. The molecule has 1 aliphatic heterocycles. The van der Waals surface area contributed by atoms with E-state index in [0.717, 1.165) is 31.6 Å². The molecule has 0 amide bonds. The molecule has 2 N–H and O–H groups in total. The highest BCUT2D eigenvalue weighted by Crippen LogP contribution is 2.29. The minimum absolute atomic E-state index is 0.0242. The highest BCUT2D eigenvalue weighted by atomic mass is 16.5. The summed E-state index contributed by atoms with van der Waals surface area (Å²) in [4.78, 5) is 0. The number of nitrogens with two attached hydrogens (primary N) is 1. The van der Waals surface area contributed by atoms with Crippen LogP contribution >= 0.6 is 0 Å². The molecule has 1 aromatic rings. The van der Waals surface area contributed by atoms with Gasteiger partial charge in [-0.15, -0.1) is 0 Å². The van der Waals surface area contributed by atoms with E-state index in [-0.39, 0.29) is 11.6 Å². The number of hydrogen-bond donors (Lipinski definition) is 1. The molecule has 2 unspecified atom stereocenters. The zero-order valence-electron chi connectivity index (χ0n) is 8.53. The normalized spacial score (nSPS) is 29.3. The monoisotopic (exact) mass is 195 g/mol. The van der Waals surface area contributed by atoms with Crippen LogP contribution in [0.5, 0.6) is 0 Å². The summed E-state index contributed by atoms with van der Waals surface area (Å²) in [6.45, 7) is 2.93. The molecule has 1 aliphatic rings. The van der Waals surface area contributed by atoms with E-state index in [9.17, 15) is 0 Å². The molecule has 2 atom stereocenters. The lowest BCUT2D eigenvalue weighted by Gasteiger charge is -2.29. The summed E-state index contributed by atoms with van der Waals surface area (Å²) in [6.07, 6.45) is 4.60. The fraction of sp³-hybridized carbons (Fsp3) is 0.636. The fourth-order valence-electron chi connectivity index (χ4n) is 1.95. The molecule has 3 nitrogen and oxygen atoms in total. The summed E-state index contributed by atoms with van der Waals surface area (Å²) in [5.41, 5.74) is 5.96. The maximum Gasteiger partial charge on any atom is 0.105 e. The molecule has 0 aliphatic carbocycles. The Bertz CT molecular complexity index is 275. The minimum Gasteiger partial charge on any atom is -0.469 e. The van der Waals surface area contributed by atoms with Crippen molar-refractivity contribution >= 4 is 0 Å². The fourth-order valence-corrected chi connectivity index (χ4v) is 1.95. The van der Waals surface area contributed by atoms with Crippen molar-refractivity contribution in [3.8, 4) is 0 Å². The lowest BCUT2D eigenvalue weighted by atomic mass is 9.91. The number of furan rings is 1. The lowest BCUT2D eigenvalue weighted by Crippen LogP contribution is -2.46. The van der Waals surface area contributed by atoms with Crippen molar-refractivity contribution in [2.24, 2.45) is 5.73 Å². The molecule has 3 heteroatoms. The first kappa shape index (κ1) is 9.74. The van der Waals surface area contributed by atoms with E-state index in [1.165, 1.54) is 0 Å². The Hall–Kier alpha value is -0.800. The van der Waals surface area contributed by atoms with Gasteiger partial charge in [0.2, 0.25) is 0 Å². The molecule has 0 aromatic carbocycles. The van der Waals surface area contributed by atoms with Crippen molar-refractivity contribution in [3.63, 3.8) is 0 Å². The van der Waals surface area contributed by atoms with Crippen LogP contribution in [0.3, 0.4) is 0 Å². The summed E-state index contributed by atoms with van der Waals surface area (Å²) >= 11 is 0. The Labute approximate surface area is 84.2 Å². The second-order valence-corrected chi connectivity index (χ2v) is 4.15. The highest BCUT2D eigenvalue weighted by Gasteiger charge is 2.36. The molecular weight excluding hydrogens is 178 g/mol. The van der Waals surface area contributed by atoms with Gasteiger partial charge in [0.1, 0.15) is 5.76 Å². The van der Waals surface area contributed by atoms with Gasteiger partial charge in [0.15, 0.2) is 0 Å². The van der Waals surface area contributed by atoms with Crippen molar-refractivity contribution in [2.45, 2.75) is 37.8 Å². The molecule has 2 heterocycles. The summed E-state index contributed by atoms with van der Waals surface area (Å²) in [5.74, 6) is 0.939. The lowest BCUT2D eigenvalue weighted by molar-refractivity contribution is -0.00202. The zero-order chi connectivity index (χ0) is 10.0. The van der Waals surface area contributed by atoms with E-state index in [1.54, 1.807) is 6.26 Å². The van der Waals surface area contributed by atoms with Gasteiger partial charge >= 0.3 is 0 Å². The van der Waals surface area contributed by atoms with Crippen LogP contribution in [0.25, 0.3) is 0 Å². The summed E-state index contributed by atoms with van der Waals surface area (Å²) in [5, 5.41) is 0. The van der Waals surface area contributed by atoms with Crippen LogP contribution in [-0.2, 0) is 11.2 Å². The summed E-state index contributed by atoms with van der Waals surface area (Å²) in [6, 6.07) is 3.87. The van der Waals surface area contributed by atoms with E-state index in [1.807, 2.05) is 12.1 Å². The Morgan fingerprint density at radius 3 is 3.07 bits per heavy atom. The van der Waals surface area contributed by atoms with Crippen molar-refractivity contribution in [2.75, 3.05) is 6.61 Å². The quantitative estimate of drug-likeness (QED) is 0.798. The van der Waals surface area contributed by atoms with Gasteiger partial charge in [-0.05, 0) is 31.9 Å². The van der Waals surface area contributed by atoms with Crippen LogP contribution in [0.15, 0.2) is 22.8 Å². The van der Waals surface area contributed by atoms with Crippen LogP contribution in [0.2, 0.25) is 0 Å². The third-order valence-electron chi connectivity index (χ3n) is 3.03. The van der Waals surface area contributed by atoms with Crippen molar-refractivity contribution < 1.29 is 9.15 Å². The highest BCUT2D eigenvalue weighted by molar-refractivity contribution is 5.04. The molecule has 0 radical (unpaired) electrons. The van der Waals surface area contributed by atoms with Crippen LogP contribution < -0.4 is 5.73 Å². The Balaban J connectivity index is 1.98. The second-order valence-electron chi connectivity index (χ2n) is 4.15. The maximum atomic E-state index is 6.12. The molecule has 0 saturated carbocycles. The first-order valence-electron chi connectivity index (χ1n) is 5.13. The molecule has 14 heavy (non-hydrogen) atoms. The minimum atomic E-state index is -0.160. The first-order valence-corrected chi connectivity index (χ1v) is 5.13. The van der Waals surface area contributed by atoms with Gasteiger partial charge in [-0.25, -0.2) is 0 Å². The van der Waals surface area contributed by atoms with E-state index in [0.29, 0.717) is 0 Å². The molecule has 0 bridgehead atoms. The van der Waals surface area contributed by atoms with Crippen molar-refractivity contribution in [1.29, 1.82) is 0 Å². The van der Waals surface area contributed by atoms with Crippen LogP contribution in [-0.4, -0.2) is 18.2 Å². The maximum absolute atomic E-state index is 6.12. The van der Waals surface area contributed by atoms with Gasteiger partial charge < -0.3 is 14.9 Å². The van der Waals surface area contributed by atoms with Gasteiger partial charge in [0.25, 0.3) is 0 Å². The Kier molecular flexibility index (Phi) is 2.61. The average Bonchev–Trinajstić information content (AvgIpc) is 2.76. The van der Waals surface area contributed by atoms with E-state index < -0.39 is 0 Å². The van der Waals surface area contributed by atoms with Gasteiger partial charge in [-0.2, -0.15) is 0 Å². The number of rotatable bonds is 3. The summed E-state index contributed by atoms with van der Waals surface area (Å²) in [7, 11) is 0. The molecule has 1 saturated heterocycles. The van der Waals surface area contributed by atoms with Gasteiger partial charge in [0.05, 0.1) is 11.9 Å². The first-order chi connectivity index (χ1) is 6.71. The Morgan fingerprint density at radius 2 is 2.50 bits per heavy atom. The van der Waals surface area contributed by atoms with E-state index >= 15 is 0 Å². The summed E-state index contributed by atoms with van der Waals surface area (Å²) < 4.78 is 11.0. The van der Waals surface area contributed by atoms with Crippen molar-refractivity contribution in [3.05, 3.63) is 24.2 Å². The average molecular weight is 195 g/mol. The topological polar surface area (TPSA) is 48.4 Å². The number of ether oxygens (including phenoxy) is 1. The van der Waals surface area contributed by atoms with Crippen LogP contribution in [0, 0.1) is 0 Å². The molecule has 2 rings (SSSR count). The standard InChI is InChI=1S/C11H17NO2/c1-11(5-3-7-14-11)10(12)8-9-4-2-6-13-9/h2,4,6,10H,3,5,7-8,12H2,1H3. The third-order valence-corrected chi connectivity index (χ3v) is 3.03. The van der Waals surface area contributed by atoms with Crippen LogP contribution in [0.1, 0.15) is 25.5 Å². The second kappa shape index (κ2) is 3.75. The zero-order valence-corrected chi connectivity index (χ0v) is 8.53. The molecule has 1 fully saturated rings. The molecular formula is C11H17NO2. The van der Waals surface area contributed by atoms with Gasteiger partial charge in [-0.1, -0.05) is 0 Å². The van der Waals surface area contributed by atoms with Gasteiger partial charge in [-0.3, -0.25) is 0 Å². The van der Waals surface area contributed by atoms with Crippen molar-refractivity contribution in [1.82, 2.24) is 0 Å².